The first-order valence-electron chi connectivity index (χ1n) is 8.11. The van der Waals surface area contributed by atoms with E-state index in [2.05, 4.69) is 15.8 Å². The van der Waals surface area contributed by atoms with Crippen molar-refractivity contribution in [2.75, 3.05) is 12.5 Å². The Morgan fingerprint density at radius 1 is 1.18 bits per heavy atom. The Labute approximate surface area is 158 Å². The molecule has 7 nitrogen and oxygen atoms in total. The maximum atomic E-state index is 13.7. The van der Waals surface area contributed by atoms with Crippen LogP contribution in [0, 0.1) is 11.6 Å². The van der Waals surface area contributed by atoms with Crippen LogP contribution in [0.1, 0.15) is 10.4 Å². The van der Waals surface area contributed by atoms with Gasteiger partial charge in [-0.15, -0.1) is 0 Å². The second-order valence-corrected chi connectivity index (χ2v) is 5.86. The number of benzene rings is 1. The monoisotopic (exact) mass is 386 g/mol. The summed E-state index contributed by atoms with van der Waals surface area (Å²) in [6.45, 7) is 0. The number of hydrazine groups is 1. The van der Waals surface area contributed by atoms with Crippen molar-refractivity contribution in [3.05, 3.63) is 76.3 Å². The minimum absolute atomic E-state index is 0.168. The number of amides is 1. The van der Waals surface area contributed by atoms with Crippen LogP contribution < -0.4 is 21.1 Å². The molecule has 0 saturated heterocycles. The largest absolute Gasteiger partial charge is 0.479 e. The van der Waals surface area contributed by atoms with Gasteiger partial charge in [0.1, 0.15) is 5.82 Å². The lowest BCUT2D eigenvalue weighted by Gasteiger charge is -2.11. The van der Waals surface area contributed by atoms with Crippen molar-refractivity contribution < 1.29 is 18.3 Å². The molecule has 0 radical (unpaired) electrons. The predicted octanol–water partition coefficient (Wildman–Crippen LogP) is 2.49. The molecule has 2 aromatic heterocycles. The molecule has 144 valence electrons. The van der Waals surface area contributed by atoms with Crippen LogP contribution in [0.2, 0.25) is 0 Å². The molecule has 2 N–H and O–H groups in total. The summed E-state index contributed by atoms with van der Waals surface area (Å²) in [5.74, 6) is -1.85. The van der Waals surface area contributed by atoms with Gasteiger partial charge in [-0.25, -0.2) is 13.8 Å². The number of ether oxygens (including phenoxy) is 1. The Bertz CT molecular complexity index is 1080. The molecule has 0 aliphatic heterocycles. The number of nitrogens with zero attached hydrogens (tertiary/aromatic N) is 2. The van der Waals surface area contributed by atoms with E-state index in [1.807, 2.05) is 0 Å². The highest BCUT2D eigenvalue weighted by Gasteiger charge is 2.13. The van der Waals surface area contributed by atoms with Gasteiger partial charge >= 0.3 is 0 Å². The number of pyridine rings is 2. The number of aromatic nitrogens is 2. The van der Waals surface area contributed by atoms with Crippen molar-refractivity contribution in [2.45, 2.75) is 0 Å². The molecule has 28 heavy (non-hydrogen) atoms. The van der Waals surface area contributed by atoms with E-state index in [4.69, 9.17) is 4.74 Å². The number of hydrogen-bond donors (Lipinski definition) is 2. The standard InChI is InChI=1S/C19H16F2N4O3/c1-25-10-12(7-15(19(25)27)11-3-5-13(20)6-4-11)17(26)24-23-14-8-16(21)18(28-2)22-9-14/h3-10,23H,1-2H3,(H,24,26). The molecule has 3 aromatic rings. The third kappa shape index (κ3) is 3.98. The SMILES string of the molecule is COc1ncc(NNC(=O)c2cc(-c3ccc(F)cc3)c(=O)n(C)c2)cc1F. The molecular formula is C19H16F2N4O3. The molecule has 0 spiro atoms. The lowest BCUT2D eigenvalue weighted by Crippen LogP contribution is -2.31. The van der Waals surface area contributed by atoms with E-state index in [0.717, 1.165) is 6.07 Å². The summed E-state index contributed by atoms with van der Waals surface area (Å²) >= 11 is 0. The fraction of sp³-hybridized carbons (Fsp3) is 0.105. The van der Waals surface area contributed by atoms with E-state index in [1.165, 1.54) is 61.5 Å². The van der Waals surface area contributed by atoms with E-state index in [9.17, 15) is 18.4 Å². The fourth-order valence-corrected chi connectivity index (χ4v) is 2.52. The Balaban J connectivity index is 1.83. The zero-order valence-corrected chi connectivity index (χ0v) is 15.0. The van der Waals surface area contributed by atoms with Crippen LogP contribution in [0.15, 0.2) is 53.6 Å². The second kappa shape index (κ2) is 7.87. The topological polar surface area (TPSA) is 85.2 Å². The normalized spacial score (nSPS) is 10.4. The van der Waals surface area contributed by atoms with Crippen LogP contribution in [0.4, 0.5) is 14.5 Å². The highest BCUT2D eigenvalue weighted by atomic mass is 19.1. The third-order valence-corrected chi connectivity index (χ3v) is 3.92. The molecule has 3 rings (SSSR count). The Hall–Kier alpha value is -3.75. The zero-order chi connectivity index (χ0) is 20.3. The smallest absolute Gasteiger partial charge is 0.271 e. The molecule has 0 bridgehead atoms. The molecule has 0 atom stereocenters. The first-order chi connectivity index (χ1) is 13.4. The van der Waals surface area contributed by atoms with Gasteiger partial charge in [0.25, 0.3) is 11.5 Å². The Morgan fingerprint density at radius 2 is 1.89 bits per heavy atom. The number of carbonyl (C=O) groups is 1. The molecule has 9 heteroatoms. The summed E-state index contributed by atoms with van der Waals surface area (Å²) in [7, 11) is 2.79. The third-order valence-electron chi connectivity index (χ3n) is 3.92. The number of rotatable bonds is 5. The minimum atomic E-state index is -0.692. The number of carbonyl (C=O) groups excluding carboxylic acids is 1. The van der Waals surface area contributed by atoms with E-state index in [0.29, 0.717) is 5.56 Å². The lowest BCUT2D eigenvalue weighted by molar-refractivity contribution is 0.0962. The van der Waals surface area contributed by atoms with E-state index in [-0.39, 0.29) is 28.3 Å². The Morgan fingerprint density at radius 3 is 2.54 bits per heavy atom. The first kappa shape index (κ1) is 19.0. The van der Waals surface area contributed by atoms with Crippen LogP contribution >= 0.6 is 0 Å². The van der Waals surface area contributed by atoms with Crippen LogP contribution in [-0.2, 0) is 7.05 Å². The Kier molecular flexibility index (Phi) is 5.35. The van der Waals surface area contributed by atoms with Gasteiger partial charge in [0.2, 0.25) is 5.88 Å². The molecule has 0 saturated carbocycles. The van der Waals surface area contributed by atoms with Crippen LogP contribution in [-0.4, -0.2) is 22.6 Å². The molecule has 2 heterocycles. The number of methoxy groups -OCH3 is 1. The van der Waals surface area contributed by atoms with Gasteiger partial charge in [-0.2, -0.15) is 0 Å². The van der Waals surface area contributed by atoms with Crippen molar-refractivity contribution in [2.24, 2.45) is 7.05 Å². The zero-order valence-electron chi connectivity index (χ0n) is 15.0. The summed E-state index contributed by atoms with van der Waals surface area (Å²) < 4.78 is 32.8. The van der Waals surface area contributed by atoms with Gasteiger partial charge < -0.3 is 9.30 Å². The molecule has 0 aliphatic carbocycles. The number of aryl methyl sites for hydroxylation is 1. The molecule has 1 aromatic carbocycles. The molecule has 0 fully saturated rings. The summed E-state index contributed by atoms with van der Waals surface area (Å²) in [5, 5.41) is 0. The number of halogens is 2. The molecular weight excluding hydrogens is 370 g/mol. The fourth-order valence-electron chi connectivity index (χ4n) is 2.52. The maximum absolute atomic E-state index is 13.7. The minimum Gasteiger partial charge on any atom is -0.479 e. The molecule has 1 amide bonds. The van der Waals surface area contributed by atoms with Crippen molar-refractivity contribution >= 4 is 11.6 Å². The van der Waals surface area contributed by atoms with Crippen LogP contribution in [0.3, 0.4) is 0 Å². The van der Waals surface area contributed by atoms with Gasteiger partial charge in [0, 0.05) is 24.9 Å². The molecule has 0 unspecified atom stereocenters. The van der Waals surface area contributed by atoms with E-state index < -0.39 is 17.5 Å². The van der Waals surface area contributed by atoms with Crippen molar-refractivity contribution in [3.8, 4) is 17.0 Å². The van der Waals surface area contributed by atoms with Crippen molar-refractivity contribution in [3.63, 3.8) is 0 Å². The van der Waals surface area contributed by atoms with Gasteiger partial charge in [-0.3, -0.25) is 20.4 Å². The highest BCUT2D eigenvalue weighted by molar-refractivity contribution is 5.95. The summed E-state index contributed by atoms with van der Waals surface area (Å²) in [6.07, 6.45) is 2.64. The van der Waals surface area contributed by atoms with Gasteiger partial charge in [-0.1, -0.05) is 12.1 Å². The summed E-state index contributed by atoms with van der Waals surface area (Å²) in [6, 6.07) is 7.88. The van der Waals surface area contributed by atoms with E-state index in [1.54, 1.807) is 0 Å². The summed E-state index contributed by atoms with van der Waals surface area (Å²) in [4.78, 5) is 28.6. The number of nitrogens with one attached hydrogen (secondary N) is 2. The predicted molar refractivity (Wildman–Crippen MR) is 98.9 cm³/mol. The molecule has 0 aliphatic rings. The van der Waals surface area contributed by atoms with Gasteiger partial charge in [0.15, 0.2) is 5.82 Å². The van der Waals surface area contributed by atoms with Crippen molar-refractivity contribution in [1.82, 2.24) is 15.0 Å². The quantitative estimate of drug-likeness (QED) is 0.658. The van der Waals surface area contributed by atoms with Gasteiger partial charge in [-0.05, 0) is 23.8 Å². The number of anilines is 1. The average molecular weight is 386 g/mol. The van der Waals surface area contributed by atoms with E-state index >= 15 is 0 Å². The maximum Gasteiger partial charge on any atom is 0.271 e. The van der Waals surface area contributed by atoms with Crippen LogP contribution in [0.5, 0.6) is 5.88 Å². The first-order valence-corrected chi connectivity index (χ1v) is 8.11. The van der Waals surface area contributed by atoms with Crippen molar-refractivity contribution in [1.29, 1.82) is 0 Å². The highest BCUT2D eigenvalue weighted by Crippen LogP contribution is 2.18. The second-order valence-electron chi connectivity index (χ2n) is 5.86. The van der Waals surface area contributed by atoms with Gasteiger partial charge in [0.05, 0.1) is 24.6 Å². The average Bonchev–Trinajstić information content (AvgIpc) is 2.69. The van der Waals surface area contributed by atoms with Crippen LogP contribution in [0.25, 0.3) is 11.1 Å². The number of hydrogen-bond acceptors (Lipinski definition) is 5. The lowest BCUT2D eigenvalue weighted by atomic mass is 10.1. The summed E-state index contributed by atoms with van der Waals surface area (Å²) in [5.41, 5.74) is 5.71.